The number of carbonyl (C=O) groups is 1. The van der Waals surface area contributed by atoms with Crippen LogP contribution in [0.15, 0.2) is 30.3 Å². The minimum atomic E-state index is 0.167. The molecular formula is C16H24N2O. The maximum absolute atomic E-state index is 11.7. The molecule has 1 heterocycles. The van der Waals surface area contributed by atoms with Gasteiger partial charge < -0.3 is 5.32 Å². The van der Waals surface area contributed by atoms with Crippen LogP contribution in [0, 0.1) is 0 Å². The molecule has 1 N–H and O–H groups in total. The van der Waals surface area contributed by atoms with Crippen LogP contribution in [-0.2, 0) is 4.79 Å². The Kier molecular flexibility index (Phi) is 5.40. The van der Waals surface area contributed by atoms with Crippen LogP contribution in [0.1, 0.15) is 37.7 Å². The van der Waals surface area contributed by atoms with Crippen LogP contribution < -0.4 is 5.32 Å². The number of nitrogens with one attached hydrogen (secondary N) is 1. The molecule has 0 aromatic heterocycles. The van der Waals surface area contributed by atoms with Crippen LogP contribution in [0.3, 0.4) is 0 Å². The summed E-state index contributed by atoms with van der Waals surface area (Å²) in [5.41, 5.74) is 1.44. The fourth-order valence-electron chi connectivity index (χ4n) is 2.67. The molecule has 0 radical (unpaired) electrons. The largest absolute Gasteiger partial charge is 0.355 e. The third-order valence-corrected chi connectivity index (χ3v) is 3.80. The minimum Gasteiger partial charge on any atom is -0.355 e. The van der Waals surface area contributed by atoms with E-state index in [-0.39, 0.29) is 5.91 Å². The van der Waals surface area contributed by atoms with Crippen molar-refractivity contribution in [3.8, 4) is 0 Å². The van der Waals surface area contributed by atoms with Crippen molar-refractivity contribution in [3.63, 3.8) is 0 Å². The van der Waals surface area contributed by atoms with E-state index in [2.05, 4.69) is 47.5 Å². The van der Waals surface area contributed by atoms with Gasteiger partial charge in [-0.25, -0.2) is 0 Å². The van der Waals surface area contributed by atoms with E-state index >= 15 is 0 Å². The first-order valence-corrected chi connectivity index (χ1v) is 7.33. The third kappa shape index (κ3) is 4.35. The Morgan fingerprint density at radius 1 is 1.26 bits per heavy atom. The monoisotopic (exact) mass is 260 g/mol. The smallest absolute Gasteiger partial charge is 0.234 e. The molecule has 0 spiro atoms. The lowest BCUT2D eigenvalue weighted by Gasteiger charge is -2.31. The van der Waals surface area contributed by atoms with Gasteiger partial charge in [-0.3, -0.25) is 9.69 Å². The number of nitrogens with zero attached hydrogens (tertiary/aromatic N) is 1. The summed E-state index contributed by atoms with van der Waals surface area (Å²) in [6, 6.07) is 10.7. The number of benzene rings is 1. The normalized spacial score (nSPS) is 17.3. The SMILES string of the molecule is CCCNC(=O)CN1CCC(c2ccccc2)CC1. The second-order valence-corrected chi connectivity index (χ2v) is 5.31. The summed E-state index contributed by atoms with van der Waals surface area (Å²) in [5, 5.41) is 2.94. The highest BCUT2D eigenvalue weighted by Gasteiger charge is 2.21. The first kappa shape index (κ1) is 14.1. The zero-order chi connectivity index (χ0) is 13.5. The van der Waals surface area contributed by atoms with E-state index in [1.54, 1.807) is 0 Å². The average molecular weight is 260 g/mol. The summed E-state index contributed by atoms with van der Waals surface area (Å²) in [6.07, 6.45) is 3.32. The lowest BCUT2D eigenvalue weighted by atomic mass is 9.89. The number of piperidine rings is 1. The van der Waals surface area contributed by atoms with Gasteiger partial charge in [-0.2, -0.15) is 0 Å². The van der Waals surface area contributed by atoms with Crippen molar-refractivity contribution in [2.24, 2.45) is 0 Å². The lowest BCUT2D eigenvalue weighted by molar-refractivity contribution is -0.122. The van der Waals surface area contributed by atoms with E-state index < -0.39 is 0 Å². The second-order valence-electron chi connectivity index (χ2n) is 5.31. The number of carbonyl (C=O) groups excluding carboxylic acids is 1. The van der Waals surface area contributed by atoms with Gasteiger partial charge >= 0.3 is 0 Å². The molecule has 0 unspecified atom stereocenters. The zero-order valence-electron chi connectivity index (χ0n) is 11.8. The third-order valence-electron chi connectivity index (χ3n) is 3.80. The Bertz CT molecular complexity index is 383. The van der Waals surface area contributed by atoms with Gasteiger partial charge in [-0.05, 0) is 43.8 Å². The topological polar surface area (TPSA) is 32.3 Å². The van der Waals surface area contributed by atoms with Gasteiger partial charge in [0.1, 0.15) is 0 Å². The quantitative estimate of drug-likeness (QED) is 0.881. The highest BCUT2D eigenvalue weighted by Crippen LogP contribution is 2.27. The summed E-state index contributed by atoms with van der Waals surface area (Å²) < 4.78 is 0. The van der Waals surface area contributed by atoms with Gasteiger partial charge in [0.2, 0.25) is 5.91 Å². The van der Waals surface area contributed by atoms with Crippen LogP contribution in [0.5, 0.6) is 0 Å². The van der Waals surface area contributed by atoms with Crippen LogP contribution in [-0.4, -0.2) is 37.0 Å². The molecule has 0 bridgehead atoms. The van der Waals surface area contributed by atoms with Crippen molar-refractivity contribution >= 4 is 5.91 Å². The summed E-state index contributed by atoms with van der Waals surface area (Å²) in [7, 11) is 0. The molecule has 1 aromatic carbocycles. The second kappa shape index (κ2) is 7.29. The van der Waals surface area contributed by atoms with Gasteiger partial charge in [0.05, 0.1) is 6.54 Å². The predicted octanol–water partition coefficient (Wildman–Crippen LogP) is 2.39. The van der Waals surface area contributed by atoms with Crippen LogP contribution in [0.2, 0.25) is 0 Å². The molecular weight excluding hydrogens is 236 g/mol. The average Bonchev–Trinajstić information content (AvgIpc) is 2.47. The van der Waals surface area contributed by atoms with Crippen molar-refractivity contribution in [1.82, 2.24) is 10.2 Å². The predicted molar refractivity (Wildman–Crippen MR) is 78.2 cm³/mol. The molecule has 1 amide bonds. The van der Waals surface area contributed by atoms with Gasteiger partial charge in [-0.15, -0.1) is 0 Å². The van der Waals surface area contributed by atoms with Crippen molar-refractivity contribution in [2.75, 3.05) is 26.2 Å². The molecule has 19 heavy (non-hydrogen) atoms. The maximum atomic E-state index is 11.7. The summed E-state index contributed by atoms with van der Waals surface area (Å²) in [5.74, 6) is 0.830. The van der Waals surface area contributed by atoms with Gasteiger partial charge in [0.15, 0.2) is 0 Å². The van der Waals surface area contributed by atoms with Crippen LogP contribution in [0.4, 0.5) is 0 Å². The first-order chi connectivity index (χ1) is 9.29. The van der Waals surface area contributed by atoms with Crippen LogP contribution >= 0.6 is 0 Å². The fraction of sp³-hybridized carbons (Fsp3) is 0.562. The highest BCUT2D eigenvalue weighted by molar-refractivity contribution is 5.77. The van der Waals surface area contributed by atoms with E-state index in [4.69, 9.17) is 0 Å². The van der Waals surface area contributed by atoms with E-state index in [0.717, 1.165) is 38.9 Å². The molecule has 1 fully saturated rings. The molecule has 0 atom stereocenters. The molecule has 0 aliphatic carbocycles. The summed E-state index contributed by atoms with van der Waals surface area (Å²) >= 11 is 0. The molecule has 3 nitrogen and oxygen atoms in total. The van der Waals surface area contributed by atoms with E-state index in [1.165, 1.54) is 5.56 Å². The maximum Gasteiger partial charge on any atom is 0.234 e. The number of hydrogen-bond acceptors (Lipinski definition) is 2. The Morgan fingerprint density at radius 3 is 2.58 bits per heavy atom. The van der Waals surface area contributed by atoms with Crippen molar-refractivity contribution < 1.29 is 4.79 Å². The molecule has 1 aliphatic heterocycles. The Balaban J connectivity index is 1.75. The molecule has 1 saturated heterocycles. The zero-order valence-corrected chi connectivity index (χ0v) is 11.8. The number of amides is 1. The minimum absolute atomic E-state index is 0.167. The van der Waals surface area contributed by atoms with Crippen molar-refractivity contribution in [3.05, 3.63) is 35.9 Å². The summed E-state index contributed by atoms with van der Waals surface area (Å²) in [4.78, 5) is 13.9. The number of hydrogen-bond donors (Lipinski definition) is 1. The van der Waals surface area contributed by atoms with E-state index in [0.29, 0.717) is 12.5 Å². The number of rotatable bonds is 5. The Hall–Kier alpha value is -1.35. The van der Waals surface area contributed by atoms with Crippen molar-refractivity contribution in [2.45, 2.75) is 32.1 Å². The molecule has 2 rings (SSSR count). The fourth-order valence-corrected chi connectivity index (χ4v) is 2.67. The lowest BCUT2D eigenvalue weighted by Crippen LogP contribution is -2.41. The van der Waals surface area contributed by atoms with E-state index in [1.807, 2.05) is 0 Å². The first-order valence-electron chi connectivity index (χ1n) is 7.33. The molecule has 1 aliphatic rings. The van der Waals surface area contributed by atoms with Gasteiger partial charge in [0, 0.05) is 6.54 Å². The van der Waals surface area contributed by atoms with Crippen LogP contribution in [0.25, 0.3) is 0 Å². The van der Waals surface area contributed by atoms with Gasteiger partial charge in [-0.1, -0.05) is 37.3 Å². The molecule has 0 saturated carbocycles. The summed E-state index contributed by atoms with van der Waals surface area (Å²) in [6.45, 7) is 5.48. The van der Waals surface area contributed by atoms with Crippen molar-refractivity contribution in [1.29, 1.82) is 0 Å². The highest BCUT2D eigenvalue weighted by atomic mass is 16.2. The number of likely N-dealkylation sites (tertiary alicyclic amines) is 1. The van der Waals surface area contributed by atoms with E-state index in [9.17, 15) is 4.79 Å². The Morgan fingerprint density at radius 2 is 1.95 bits per heavy atom. The Labute approximate surface area is 116 Å². The molecule has 3 heteroatoms. The molecule has 1 aromatic rings. The molecule has 104 valence electrons. The van der Waals surface area contributed by atoms with Gasteiger partial charge in [0.25, 0.3) is 0 Å². The standard InChI is InChI=1S/C16H24N2O/c1-2-10-17-16(19)13-18-11-8-15(9-12-18)14-6-4-3-5-7-14/h3-7,15H,2,8-13H2,1H3,(H,17,19).